The van der Waals surface area contributed by atoms with Crippen LogP contribution in [0.5, 0.6) is 0 Å². The number of benzene rings is 2. The van der Waals surface area contributed by atoms with Crippen molar-refractivity contribution in [2.75, 3.05) is 0 Å². The Morgan fingerprint density at radius 3 is 2.80 bits per heavy atom. The van der Waals surface area contributed by atoms with Crippen LogP contribution in [-0.2, 0) is 5.88 Å². The van der Waals surface area contributed by atoms with Gasteiger partial charge in [-0.25, -0.2) is 4.98 Å². The van der Waals surface area contributed by atoms with Crippen LogP contribution in [0.4, 0.5) is 0 Å². The highest BCUT2D eigenvalue weighted by molar-refractivity contribution is 9.10. The Balaban J connectivity index is 2.38. The van der Waals surface area contributed by atoms with Crippen molar-refractivity contribution in [1.82, 2.24) is 9.55 Å². The molecule has 0 saturated heterocycles. The lowest BCUT2D eigenvalue weighted by molar-refractivity contribution is 0.978. The topological polar surface area (TPSA) is 41.6 Å². The normalized spacial score (nSPS) is 10.7. The van der Waals surface area contributed by atoms with Crippen LogP contribution >= 0.6 is 27.5 Å². The molecule has 5 heteroatoms. The number of alkyl halides is 1. The van der Waals surface area contributed by atoms with Gasteiger partial charge in [0, 0.05) is 4.47 Å². The predicted molar refractivity (Wildman–Crippen MR) is 83.0 cm³/mol. The summed E-state index contributed by atoms with van der Waals surface area (Å²) in [5.74, 6) is 1.01. The Kier molecular flexibility index (Phi) is 3.47. The maximum Gasteiger partial charge on any atom is 0.129 e. The summed E-state index contributed by atoms with van der Waals surface area (Å²) in [5, 5.41) is 9.27. The zero-order valence-electron chi connectivity index (χ0n) is 10.3. The molecule has 0 aliphatic rings. The molecular formula is C15H9BrClN3. The number of halogens is 2. The van der Waals surface area contributed by atoms with Gasteiger partial charge in [-0.15, -0.1) is 11.6 Å². The maximum atomic E-state index is 9.27. The molecule has 0 fully saturated rings. The van der Waals surface area contributed by atoms with E-state index in [1.165, 1.54) is 0 Å². The van der Waals surface area contributed by atoms with E-state index in [1.54, 1.807) is 6.07 Å². The molecule has 0 atom stereocenters. The molecule has 0 bridgehead atoms. The molecule has 0 aliphatic heterocycles. The number of nitriles is 1. The number of rotatable bonds is 2. The SMILES string of the molecule is N#Cc1ccccc1-n1c(CCl)nc2cc(Br)ccc21. The summed E-state index contributed by atoms with van der Waals surface area (Å²) in [6, 6.07) is 15.5. The van der Waals surface area contributed by atoms with E-state index < -0.39 is 0 Å². The first-order chi connectivity index (χ1) is 9.74. The van der Waals surface area contributed by atoms with E-state index in [-0.39, 0.29) is 5.88 Å². The summed E-state index contributed by atoms with van der Waals surface area (Å²) in [7, 11) is 0. The van der Waals surface area contributed by atoms with Gasteiger partial charge in [-0.1, -0.05) is 28.1 Å². The molecule has 20 heavy (non-hydrogen) atoms. The van der Waals surface area contributed by atoms with Gasteiger partial charge in [0.25, 0.3) is 0 Å². The number of hydrogen-bond acceptors (Lipinski definition) is 2. The standard InChI is InChI=1S/C15H9BrClN3/c16-11-5-6-14-12(7-11)19-15(8-17)20(14)13-4-2-1-3-10(13)9-18/h1-7H,8H2. The fourth-order valence-electron chi connectivity index (χ4n) is 2.22. The van der Waals surface area contributed by atoms with Crippen LogP contribution in [0.2, 0.25) is 0 Å². The average Bonchev–Trinajstić information content (AvgIpc) is 2.84. The second kappa shape index (κ2) is 5.28. The second-order valence-corrected chi connectivity index (χ2v) is 5.44. The number of imidazole rings is 1. The minimum absolute atomic E-state index is 0.284. The van der Waals surface area contributed by atoms with Gasteiger partial charge < -0.3 is 0 Å². The third kappa shape index (κ3) is 2.09. The van der Waals surface area contributed by atoms with Gasteiger partial charge in [0.15, 0.2) is 0 Å². The second-order valence-electron chi connectivity index (χ2n) is 4.26. The van der Waals surface area contributed by atoms with Crippen molar-refractivity contribution in [2.45, 2.75) is 5.88 Å². The maximum absolute atomic E-state index is 9.27. The molecule has 0 N–H and O–H groups in total. The summed E-state index contributed by atoms with van der Waals surface area (Å²) in [5.41, 5.74) is 3.19. The number of hydrogen-bond donors (Lipinski definition) is 0. The summed E-state index contributed by atoms with van der Waals surface area (Å²) in [4.78, 5) is 4.54. The van der Waals surface area contributed by atoms with Crippen LogP contribution in [0, 0.1) is 11.3 Å². The summed E-state index contributed by atoms with van der Waals surface area (Å²) < 4.78 is 2.90. The van der Waals surface area contributed by atoms with Crippen molar-refractivity contribution in [3.63, 3.8) is 0 Å². The largest absolute Gasteiger partial charge is 0.294 e. The Morgan fingerprint density at radius 2 is 2.05 bits per heavy atom. The monoisotopic (exact) mass is 345 g/mol. The van der Waals surface area contributed by atoms with E-state index in [9.17, 15) is 5.26 Å². The zero-order chi connectivity index (χ0) is 14.1. The molecule has 3 aromatic rings. The average molecular weight is 347 g/mol. The number of fused-ring (bicyclic) bond motifs is 1. The van der Waals surface area contributed by atoms with Crippen molar-refractivity contribution in [3.8, 4) is 11.8 Å². The van der Waals surface area contributed by atoms with Gasteiger partial charge in [-0.2, -0.15) is 5.26 Å². The van der Waals surface area contributed by atoms with Gasteiger partial charge >= 0.3 is 0 Å². The number of nitrogens with zero attached hydrogens (tertiary/aromatic N) is 3. The highest BCUT2D eigenvalue weighted by Crippen LogP contribution is 2.26. The minimum atomic E-state index is 0.284. The molecule has 3 nitrogen and oxygen atoms in total. The molecular weight excluding hydrogens is 338 g/mol. The molecule has 0 spiro atoms. The first kappa shape index (κ1) is 13.2. The van der Waals surface area contributed by atoms with E-state index in [2.05, 4.69) is 27.0 Å². The van der Waals surface area contributed by atoms with Crippen LogP contribution < -0.4 is 0 Å². The van der Waals surface area contributed by atoms with Crippen LogP contribution in [0.3, 0.4) is 0 Å². The Hall–Kier alpha value is -1.83. The molecule has 98 valence electrons. The summed E-state index contributed by atoms with van der Waals surface area (Å²) in [6.07, 6.45) is 0. The Labute approximate surface area is 129 Å². The van der Waals surface area contributed by atoms with Crippen LogP contribution in [0.25, 0.3) is 16.7 Å². The predicted octanol–water partition coefficient (Wildman–Crippen LogP) is 4.40. The molecule has 0 saturated carbocycles. The van der Waals surface area contributed by atoms with Crippen molar-refractivity contribution >= 4 is 38.6 Å². The zero-order valence-corrected chi connectivity index (χ0v) is 12.7. The van der Waals surface area contributed by atoms with Crippen molar-refractivity contribution in [2.24, 2.45) is 0 Å². The van der Waals surface area contributed by atoms with Gasteiger partial charge in [-0.05, 0) is 30.3 Å². The fourth-order valence-corrected chi connectivity index (χ4v) is 2.75. The smallest absolute Gasteiger partial charge is 0.129 e. The van der Waals surface area contributed by atoms with Gasteiger partial charge in [0.1, 0.15) is 11.9 Å². The lowest BCUT2D eigenvalue weighted by Crippen LogP contribution is -2.01. The lowest BCUT2D eigenvalue weighted by Gasteiger charge is -2.09. The van der Waals surface area contributed by atoms with E-state index in [0.29, 0.717) is 5.56 Å². The van der Waals surface area contributed by atoms with Gasteiger partial charge in [0.05, 0.1) is 28.2 Å². The van der Waals surface area contributed by atoms with E-state index in [1.807, 2.05) is 41.0 Å². The fraction of sp³-hybridized carbons (Fsp3) is 0.0667. The first-order valence-electron chi connectivity index (χ1n) is 5.97. The molecule has 0 amide bonds. The third-order valence-corrected chi connectivity index (χ3v) is 3.80. The summed E-state index contributed by atoms with van der Waals surface area (Å²) in [6.45, 7) is 0. The van der Waals surface area contributed by atoms with Crippen LogP contribution in [0.1, 0.15) is 11.4 Å². The quantitative estimate of drug-likeness (QED) is 0.645. The van der Waals surface area contributed by atoms with Crippen molar-refractivity contribution < 1.29 is 0 Å². The molecule has 0 radical (unpaired) electrons. The van der Waals surface area contributed by atoms with Crippen LogP contribution in [-0.4, -0.2) is 9.55 Å². The van der Waals surface area contributed by atoms with Crippen molar-refractivity contribution in [3.05, 3.63) is 58.3 Å². The third-order valence-electron chi connectivity index (χ3n) is 3.07. The molecule has 0 aliphatic carbocycles. The highest BCUT2D eigenvalue weighted by Gasteiger charge is 2.14. The Bertz CT molecular complexity index is 833. The molecule has 0 unspecified atom stereocenters. The molecule has 2 aromatic carbocycles. The van der Waals surface area contributed by atoms with Gasteiger partial charge in [0.2, 0.25) is 0 Å². The van der Waals surface area contributed by atoms with Gasteiger partial charge in [-0.3, -0.25) is 4.57 Å². The lowest BCUT2D eigenvalue weighted by atomic mass is 10.2. The van der Waals surface area contributed by atoms with E-state index in [0.717, 1.165) is 27.0 Å². The highest BCUT2D eigenvalue weighted by atomic mass is 79.9. The molecule has 3 rings (SSSR count). The molecule has 1 aromatic heterocycles. The molecule has 1 heterocycles. The van der Waals surface area contributed by atoms with E-state index in [4.69, 9.17) is 11.6 Å². The van der Waals surface area contributed by atoms with E-state index >= 15 is 0 Å². The summed E-state index contributed by atoms with van der Waals surface area (Å²) >= 11 is 9.45. The first-order valence-corrected chi connectivity index (χ1v) is 7.29. The Morgan fingerprint density at radius 1 is 1.25 bits per heavy atom. The van der Waals surface area contributed by atoms with Crippen LogP contribution in [0.15, 0.2) is 46.9 Å². The number of para-hydroxylation sites is 1. The minimum Gasteiger partial charge on any atom is -0.294 e. The van der Waals surface area contributed by atoms with Crippen molar-refractivity contribution in [1.29, 1.82) is 5.26 Å². The number of aromatic nitrogens is 2.